The molecule has 1 N–H and O–H groups in total. The van der Waals surface area contributed by atoms with Crippen LogP contribution < -0.4 is 5.32 Å². The second-order valence-electron chi connectivity index (χ2n) is 4.00. The van der Waals surface area contributed by atoms with Crippen LogP contribution in [-0.4, -0.2) is 5.76 Å². The van der Waals surface area contributed by atoms with E-state index in [0.29, 0.717) is 33.2 Å². The number of thioether (sulfide) groups is 1. The molecule has 0 aliphatic heterocycles. The van der Waals surface area contributed by atoms with Crippen LogP contribution in [0.15, 0.2) is 47.4 Å². The van der Waals surface area contributed by atoms with Crippen molar-refractivity contribution < 1.29 is 8.78 Å². The van der Waals surface area contributed by atoms with Crippen molar-refractivity contribution in [3.05, 3.63) is 58.1 Å². The molecule has 0 aliphatic rings. The Morgan fingerprint density at radius 2 is 1.70 bits per heavy atom. The number of rotatable bonds is 5. The van der Waals surface area contributed by atoms with Crippen molar-refractivity contribution in [2.24, 2.45) is 0 Å². The van der Waals surface area contributed by atoms with Crippen LogP contribution in [0.3, 0.4) is 0 Å². The summed E-state index contributed by atoms with van der Waals surface area (Å²) in [6.45, 7) is 0.582. The normalized spacial score (nSPS) is 10.8. The molecule has 106 valence electrons. The molecule has 0 aliphatic carbocycles. The number of nitrogens with one attached hydrogen (secondary N) is 1. The fourth-order valence-corrected chi connectivity index (χ4v) is 2.43. The summed E-state index contributed by atoms with van der Waals surface area (Å²) in [5.41, 5.74) is 1.85. The predicted octanol–water partition coefficient (Wildman–Crippen LogP) is 5.92. The Balaban J connectivity index is 1.95. The quantitative estimate of drug-likeness (QED) is 0.681. The van der Waals surface area contributed by atoms with Crippen molar-refractivity contribution in [1.29, 1.82) is 0 Å². The molecule has 0 amide bonds. The van der Waals surface area contributed by atoms with Gasteiger partial charge in [-0.3, -0.25) is 0 Å². The molecule has 0 fully saturated rings. The van der Waals surface area contributed by atoms with E-state index < -0.39 is 5.76 Å². The van der Waals surface area contributed by atoms with Gasteiger partial charge < -0.3 is 5.32 Å². The van der Waals surface area contributed by atoms with E-state index in [4.69, 9.17) is 23.2 Å². The zero-order chi connectivity index (χ0) is 14.5. The van der Waals surface area contributed by atoms with E-state index in [0.717, 1.165) is 11.3 Å². The minimum atomic E-state index is -2.40. The van der Waals surface area contributed by atoms with Crippen molar-refractivity contribution in [1.82, 2.24) is 0 Å². The second kappa shape index (κ2) is 7.16. The molecule has 0 aromatic heterocycles. The van der Waals surface area contributed by atoms with E-state index in [-0.39, 0.29) is 0 Å². The Morgan fingerprint density at radius 3 is 2.30 bits per heavy atom. The number of hydrogen-bond donors (Lipinski definition) is 1. The summed E-state index contributed by atoms with van der Waals surface area (Å²) in [4.78, 5) is 0.542. The summed E-state index contributed by atoms with van der Waals surface area (Å²) in [6.07, 6.45) is 0. The molecule has 0 heterocycles. The first-order valence-electron chi connectivity index (χ1n) is 5.77. The highest BCUT2D eigenvalue weighted by Crippen LogP contribution is 2.26. The predicted molar refractivity (Wildman–Crippen MR) is 82.1 cm³/mol. The first-order chi connectivity index (χ1) is 9.54. The van der Waals surface area contributed by atoms with Crippen molar-refractivity contribution in [3.8, 4) is 0 Å². The highest BCUT2D eigenvalue weighted by atomic mass is 35.5. The molecule has 2 aromatic rings. The fourth-order valence-electron chi connectivity index (χ4n) is 1.61. The topological polar surface area (TPSA) is 12.0 Å². The van der Waals surface area contributed by atoms with Gasteiger partial charge in [-0.15, -0.1) is 0 Å². The Morgan fingerprint density at radius 1 is 1.00 bits per heavy atom. The van der Waals surface area contributed by atoms with Crippen LogP contribution in [-0.2, 0) is 6.54 Å². The Kier molecular flexibility index (Phi) is 5.52. The third-order valence-corrected chi connectivity index (χ3v) is 4.02. The van der Waals surface area contributed by atoms with Gasteiger partial charge in [0, 0.05) is 17.1 Å². The third-order valence-electron chi connectivity index (χ3n) is 2.56. The zero-order valence-corrected chi connectivity index (χ0v) is 12.6. The first-order valence-corrected chi connectivity index (χ1v) is 7.41. The van der Waals surface area contributed by atoms with Crippen molar-refractivity contribution in [2.75, 3.05) is 5.32 Å². The summed E-state index contributed by atoms with van der Waals surface area (Å²) in [6, 6.07) is 12.3. The van der Waals surface area contributed by atoms with Crippen LogP contribution in [0.4, 0.5) is 14.5 Å². The van der Waals surface area contributed by atoms with Crippen LogP contribution in [0.2, 0.25) is 10.0 Å². The largest absolute Gasteiger partial charge is 0.381 e. The van der Waals surface area contributed by atoms with E-state index in [1.54, 1.807) is 36.4 Å². The lowest BCUT2D eigenvalue weighted by Gasteiger charge is -2.08. The van der Waals surface area contributed by atoms with Gasteiger partial charge in [0.05, 0.1) is 10.0 Å². The molecule has 0 saturated heterocycles. The van der Waals surface area contributed by atoms with Gasteiger partial charge in [-0.1, -0.05) is 41.0 Å². The van der Waals surface area contributed by atoms with Crippen molar-refractivity contribution in [2.45, 2.75) is 17.2 Å². The van der Waals surface area contributed by atoms with E-state index in [2.05, 4.69) is 5.32 Å². The summed E-state index contributed by atoms with van der Waals surface area (Å²) in [5.74, 6) is -2.40. The van der Waals surface area contributed by atoms with Crippen LogP contribution in [0.1, 0.15) is 5.56 Å². The molecular weight excluding hydrogens is 323 g/mol. The molecule has 20 heavy (non-hydrogen) atoms. The standard InChI is InChI=1S/C14H11Cl2F2NS/c15-12-6-1-9(7-13(12)16)8-19-10-2-4-11(5-3-10)20-14(17)18/h1-7,14,19H,8H2. The molecule has 0 unspecified atom stereocenters. The minimum absolute atomic E-state index is 0.509. The molecule has 2 aromatic carbocycles. The van der Waals surface area contributed by atoms with E-state index in [1.165, 1.54) is 0 Å². The molecule has 0 spiro atoms. The Hall–Kier alpha value is -0.970. The monoisotopic (exact) mass is 333 g/mol. The van der Waals surface area contributed by atoms with Crippen LogP contribution in [0.25, 0.3) is 0 Å². The van der Waals surface area contributed by atoms with Gasteiger partial charge in [0.2, 0.25) is 0 Å². The SMILES string of the molecule is FC(F)Sc1ccc(NCc2ccc(Cl)c(Cl)c2)cc1. The smallest absolute Gasteiger partial charge is 0.288 e. The third kappa shape index (κ3) is 4.54. The minimum Gasteiger partial charge on any atom is -0.381 e. The van der Waals surface area contributed by atoms with E-state index in [9.17, 15) is 8.78 Å². The maximum absolute atomic E-state index is 12.2. The van der Waals surface area contributed by atoms with Gasteiger partial charge in [-0.05, 0) is 42.0 Å². The summed E-state index contributed by atoms with van der Waals surface area (Å²) in [5, 5.41) is 4.22. The summed E-state index contributed by atoms with van der Waals surface area (Å²) >= 11 is 12.3. The van der Waals surface area contributed by atoms with Crippen molar-refractivity contribution in [3.63, 3.8) is 0 Å². The van der Waals surface area contributed by atoms with E-state index >= 15 is 0 Å². The zero-order valence-electron chi connectivity index (χ0n) is 10.2. The van der Waals surface area contributed by atoms with E-state index in [1.807, 2.05) is 6.07 Å². The second-order valence-corrected chi connectivity index (χ2v) is 5.88. The lowest BCUT2D eigenvalue weighted by atomic mass is 10.2. The fraction of sp³-hybridized carbons (Fsp3) is 0.143. The molecule has 0 radical (unpaired) electrons. The molecule has 0 bridgehead atoms. The van der Waals surface area contributed by atoms with Crippen molar-refractivity contribution >= 4 is 40.7 Å². The first kappa shape index (κ1) is 15.4. The summed E-state index contributed by atoms with van der Waals surface area (Å²) < 4.78 is 24.4. The highest BCUT2D eigenvalue weighted by molar-refractivity contribution is 7.99. The van der Waals surface area contributed by atoms with Gasteiger partial charge in [-0.2, -0.15) is 8.78 Å². The average molecular weight is 334 g/mol. The van der Waals surface area contributed by atoms with Crippen LogP contribution in [0.5, 0.6) is 0 Å². The molecule has 1 nitrogen and oxygen atoms in total. The average Bonchev–Trinajstić information content (AvgIpc) is 2.41. The number of hydrogen-bond acceptors (Lipinski definition) is 2. The lowest BCUT2D eigenvalue weighted by molar-refractivity contribution is 0.252. The highest BCUT2D eigenvalue weighted by Gasteiger charge is 2.05. The van der Waals surface area contributed by atoms with Gasteiger partial charge in [-0.25, -0.2) is 0 Å². The van der Waals surface area contributed by atoms with Gasteiger partial charge in [0.25, 0.3) is 5.76 Å². The maximum Gasteiger partial charge on any atom is 0.288 e. The number of anilines is 1. The molecule has 6 heteroatoms. The van der Waals surface area contributed by atoms with Gasteiger partial charge >= 0.3 is 0 Å². The van der Waals surface area contributed by atoms with Crippen LogP contribution in [0, 0.1) is 0 Å². The molecule has 0 atom stereocenters. The number of alkyl halides is 2. The number of halogens is 4. The van der Waals surface area contributed by atoms with Crippen LogP contribution >= 0.6 is 35.0 Å². The lowest BCUT2D eigenvalue weighted by Crippen LogP contribution is -1.99. The van der Waals surface area contributed by atoms with Gasteiger partial charge in [0.1, 0.15) is 0 Å². The Labute approximate surface area is 130 Å². The number of benzene rings is 2. The summed E-state index contributed by atoms with van der Waals surface area (Å²) in [7, 11) is 0. The maximum atomic E-state index is 12.2. The van der Waals surface area contributed by atoms with Gasteiger partial charge in [0.15, 0.2) is 0 Å². The molecule has 0 saturated carbocycles. The molecular formula is C14H11Cl2F2NS. The Bertz CT molecular complexity index is 576. The molecule has 2 rings (SSSR count).